The average Bonchev–Trinajstić information content (AvgIpc) is 2.91. The minimum Gasteiger partial charge on any atom is -0.338 e. The molecule has 0 saturated carbocycles. The first kappa shape index (κ1) is 13.8. The van der Waals surface area contributed by atoms with Gasteiger partial charge in [-0.3, -0.25) is 4.79 Å². The predicted molar refractivity (Wildman–Crippen MR) is 81.3 cm³/mol. The molecule has 0 N–H and O–H groups in total. The molecule has 0 aliphatic heterocycles. The molecule has 2 aromatic rings. The Balaban J connectivity index is 1.98. The van der Waals surface area contributed by atoms with E-state index >= 15 is 0 Å². The maximum absolute atomic E-state index is 12.0. The summed E-state index contributed by atoms with van der Waals surface area (Å²) < 4.78 is 0. The zero-order chi connectivity index (χ0) is 13.7. The lowest BCUT2D eigenvalue weighted by atomic mass is 10.2. The van der Waals surface area contributed by atoms with Crippen LogP contribution in [-0.4, -0.2) is 17.9 Å². The van der Waals surface area contributed by atoms with Crippen LogP contribution < -0.4 is 0 Å². The minimum absolute atomic E-state index is 0.0340. The number of amides is 1. The van der Waals surface area contributed by atoms with Crippen LogP contribution in [0.3, 0.4) is 0 Å². The van der Waals surface area contributed by atoms with Gasteiger partial charge in [-0.25, -0.2) is 0 Å². The van der Waals surface area contributed by atoms with Gasteiger partial charge in [-0.05, 0) is 29.2 Å². The van der Waals surface area contributed by atoms with Crippen molar-refractivity contribution in [2.45, 2.75) is 6.54 Å². The fourth-order valence-corrected chi connectivity index (χ4v) is 2.44. The maximum atomic E-state index is 12.0. The van der Waals surface area contributed by atoms with Gasteiger partial charge in [0.1, 0.15) is 0 Å². The number of likely N-dealkylation sites (N-methyl/N-ethyl adjacent to an activating group) is 1. The van der Waals surface area contributed by atoms with Gasteiger partial charge in [0.25, 0.3) is 0 Å². The number of carbonyl (C=O) groups is 1. The largest absolute Gasteiger partial charge is 0.338 e. The molecule has 0 aliphatic rings. The van der Waals surface area contributed by atoms with E-state index in [2.05, 4.69) is 0 Å². The number of carbonyl (C=O) groups excluding carboxylic acids is 1. The summed E-state index contributed by atoms with van der Waals surface area (Å²) in [4.78, 5) is 14.7. The maximum Gasteiger partial charge on any atom is 0.246 e. The molecule has 1 amide bonds. The van der Waals surface area contributed by atoms with Gasteiger partial charge >= 0.3 is 0 Å². The summed E-state index contributed by atoms with van der Waals surface area (Å²) in [6.45, 7) is 0.507. The molecule has 0 bridgehead atoms. The Morgan fingerprint density at radius 1 is 1.32 bits per heavy atom. The van der Waals surface area contributed by atoms with Crippen LogP contribution in [0.5, 0.6) is 0 Å². The van der Waals surface area contributed by atoms with Crippen LogP contribution in [-0.2, 0) is 11.3 Å². The number of hydrogen-bond acceptors (Lipinski definition) is 2. The van der Waals surface area contributed by atoms with Crippen LogP contribution in [0, 0.1) is 0 Å². The summed E-state index contributed by atoms with van der Waals surface area (Å²) in [5.41, 5.74) is 0.949. The Morgan fingerprint density at radius 3 is 2.79 bits per heavy atom. The molecule has 0 unspecified atom stereocenters. The van der Waals surface area contributed by atoms with Gasteiger partial charge in [0.15, 0.2) is 0 Å². The van der Waals surface area contributed by atoms with E-state index in [0.29, 0.717) is 11.6 Å². The first-order chi connectivity index (χ1) is 9.16. The van der Waals surface area contributed by atoms with Crippen molar-refractivity contribution in [1.82, 2.24) is 4.90 Å². The highest BCUT2D eigenvalue weighted by atomic mass is 35.5. The van der Waals surface area contributed by atoms with E-state index in [9.17, 15) is 4.79 Å². The smallest absolute Gasteiger partial charge is 0.246 e. The standard InChI is InChI=1S/C15H14ClNOS/c1-17(11-12-5-2-3-7-14(12)16)15(18)9-8-13-6-4-10-19-13/h2-10H,11H2,1H3/b9-8+. The minimum atomic E-state index is -0.0340. The highest BCUT2D eigenvalue weighted by Gasteiger charge is 2.07. The fourth-order valence-electron chi connectivity index (χ4n) is 1.63. The molecule has 0 aliphatic carbocycles. The lowest BCUT2D eigenvalue weighted by molar-refractivity contribution is -0.125. The summed E-state index contributed by atoms with van der Waals surface area (Å²) in [6.07, 6.45) is 3.42. The summed E-state index contributed by atoms with van der Waals surface area (Å²) in [5, 5.41) is 2.67. The van der Waals surface area contributed by atoms with Gasteiger partial charge in [0.2, 0.25) is 5.91 Å². The predicted octanol–water partition coefficient (Wildman–Crippen LogP) is 4.07. The van der Waals surface area contributed by atoms with Gasteiger partial charge < -0.3 is 4.90 Å². The second-order valence-corrected chi connectivity index (χ2v) is 5.52. The average molecular weight is 292 g/mol. The Kier molecular flexibility index (Phi) is 4.77. The molecule has 1 heterocycles. The topological polar surface area (TPSA) is 20.3 Å². The van der Waals surface area contributed by atoms with Crippen molar-refractivity contribution < 1.29 is 4.79 Å². The number of benzene rings is 1. The van der Waals surface area contributed by atoms with Crippen molar-refractivity contribution in [3.63, 3.8) is 0 Å². The SMILES string of the molecule is CN(Cc1ccccc1Cl)C(=O)/C=C/c1cccs1. The van der Waals surface area contributed by atoms with Gasteiger partial charge in [-0.15, -0.1) is 11.3 Å². The highest BCUT2D eigenvalue weighted by molar-refractivity contribution is 7.10. The molecule has 4 heteroatoms. The third kappa shape index (κ3) is 3.94. The van der Waals surface area contributed by atoms with Gasteiger partial charge in [-0.1, -0.05) is 35.9 Å². The van der Waals surface area contributed by atoms with Crippen LogP contribution in [0.2, 0.25) is 5.02 Å². The third-order valence-electron chi connectivity index (χ3n) is 2.67. The van der Waals surface area contributed by atoms with Gasteiger partial charge in [-0.2, -0.15) is 0 Å². The summed E-state index contributed by atoms with van der Waals surface area (Å²) in [6, 6.07) is 11.5. The number of halogens is 1. The normalized spacial score (nSPS) is 10.8. The Bertz CT molecular complexity index is 578. The van der Waals surface area contributed by atoms with Crippen LogP contribution >= 0.6 is 22.9 Å². The van der Waals surface area contributed by atoms with Crippen molar-refractivity contribution in [3.05, 3.63) is 63.3 Å². The fraction of sp³-hybridized carbons (Fsp3) is 0.133. The van der Waals surface area contributed by atoms with Crippen LogP contribution in [0.4, 0.5) is 0 Å². The quantitative estimate of drug-likeness (QED) is 0.778. The molecule has 2 rings (SSSR count). The molecule has 0 saturated heterocycles. The number of nitrogens with zero attached hydrogens (tertiary/aromatic N) is 1. The lowest BCUT2D eigenvalue weighted by Crippen LogP contribution is -2.24. The Hall–Kier alpha value is -1.58. The Morgan fingerprint density at radius 2 is 2.11 bits per heavy atom. The van der Waals surface area contributed by atoms with Crippen molar-refractivity contribution in [2.24, 2.45) is 0 Å². The molecule has 0 fully saturated rings. The second kappa shape index (κ2) is 6.55. The first-order valence-corrected chi connectivity index (χ1v) is 7.12. The molecule has 2 nitrogen and oxygen atoms in total. The lowest BCUT2D eigenvalue weighted by Gasteiger charge is -2.15. The van der Waals surface area contributed by atoms with E-state index in [0.717, 1.165) is 10.4 Å². The van der Waals surface area contributed by atoms with Crippen molar-refractivity contribution >= 4 is 34.9 Å². The molecular formula is C15H14ClNOS. The van der Waals surface area contributed by atoms with Crippen molar-refractivity contribution in [1.29, 1.82) is 0 Å². The van der Waals surface area contributed by atoms with Crippen LogP contribution in [0.15, 0.2) is 47.9 Å². The van der Waals surface area contributed by atoms with E-state index in [4.69, 9.17) is 11.6 Å². The molecule has 98 valence electrons. The summed E-state index contributed by atoms with van der Waals surface area (Å²) in [5.74, 6) is -0.0340. The van der Waals surface area contributed by atoms with E-state index < -0.39 is 0 Å². The Labute approximate surface area is 121 Å². The number of hydrogen-bond donors (Lipinski definition) is 0. The summed E-state index contributed by atoms with van der Waals surface area (Å²) in [7, 11) is 1.77. The van der Waals surface area contributed by atoms with Crippen molar-refractivity contribution in [2.75, 3.05) is 7.05 Å². The number of rotatable bonds is 4. The molecule has 0 spiro atoms. The molecule has 1 aromatic heterocycles. The van der Waals surface area contributed by atoms with Crippen LogP contribution in [0.25, 0.3) is 6.08 Å². The zero-order valence-electron chi connectivity index (χ0n) is 10.5. The molecule has 19 heavy (non-hydrogen) atoms. The monoisotopic (exact) mass is 291 g/mol. The van der Waals surface area contributed by atoms with E-state index in [1.165, 1.54) is 0 Å². The summed E-state index contributed by atoms with van der Waals surface area (Å²) >= 11 is 7.68. The molecule has 0 radical (unpaired) electrons. The molecular weight excluding hydrogens is 278 g/mol. The first-order valence-electron chi connectivity index (χ1n) is 5.87. The molecule has 0 atom stereocenters. The number of thiophene rings is 1. The van der Waals surface area contributed by atoms with Crippen LogP contribution in [0.1, 0.15) is 10.4 Å². The van der Waals surface area contributed by atoms with E-state index in [-0.39, 0.29) is 5.91 Å². The zero-order valence-corrected chi connectivity index (χ0v) is 12.1. The van der Waals surface area contributed by atoms with Gasteiger partial charge in [0.05, 0.1) is 0 Å². The van der Waals surface area contributed by atoms with E-state index in [1.54, 1.807) is 29.4 Å². The second-order valence-electron chi connectivity index (χ2n) is 4.13. The molecule has 1 aromatic carbocycles. The third-order valence-corrected chi connectivity index (χ3v) is 3.88. The van der Waals surface area contributed by atoms with E-state index in [1.807, 2.05) is 47.9 Å². The highest BCUT2D eigenvalue weighted by Crippen LogP contribution is 2.17. The van der Waals surface area contributed by atoms with Crippen molar-refractivity contribution in [3.8, 4) is 0 Å². The van der Waals surface area contributed by atoms with Gasteiger partial charge in [0, 0.05) is 29.6 Å².